The molecule has 0 rings (SSSR count). The standard InChI is InChI=1S/C10H19NO/c1-6-7-9(8(2)3)10(12)11(4)5/h6,8-9H,1,7H2,2-5H3/t9-/m0/s1. The first-order chi connectivity index (χ1) is 5.50. The summed E-state index contributed by atoms with van der Waals surface area (Å²) in [6.07, 6.45) is 2.58. The Balaban J connectivity index is 4.29. The molecule has 0 saturated heterocycles. The monoisotopic (exact) mass is 169 g/mol. The van der Waals surface area contributed by atoms with Gasteiger partial charge in [0.05, 0.1) is 0 Å². The van der Waals surface area contributed by atoms with Crippen molar-refractivity contribution >= 4 is 5.91 Å². The van der Waals surface area contributed by atoms with Gasteiger partial charge in [-0.05, 0) is 12.3 Å². The lowest BCUT2D eigenvalue weighted by Gasteiger charge is -2.22. The van der Waals surface area contributed by atoms with Crippen molar-refractivity contribution in [2.45, 2.75) is 20.3 Å². The maximum absolute atomic E-state index is 11.6. The van der Waals surface area contributed by atoms with Crippen LogP contribution in [0.2, 0.25) is 0 Å². The quantitative estimate of drug-likeness (QED) is 0.589. The fraction of sp³-hybridized carbons (Fsp3) is 0.700. The summed E-state index contributed by atoms with van der Waals surface area (Å²) in [5, 5.41) is 0. The molecule has 12 heavy (non-hydrogen) atoms. The van der Waals surface area contributed by atoms with Crippen molar-refractivity contribution in [2.24, 2.45) is 11.8 Å². The number of hydrogen-bond donors (Lipinski definition) is 0. The summed E-state index contributed by atoms with van der Waals surface area (Å²) >= 11 is 0. The Bertz CT molecular complexity index is 161. The average molecular weight is 169 g/mol. The minimum Gasteiger partial charge on any atom is -0.349 e. The topological polar surface area (TPSA) is 20.3 Å². The third-order valence-corrected chi connectivity index (χ3v) is 1.98. The van der Waals surface area contributed by atoms with Crippen LogP contribution in [0, 0.1) is 11.8 Å². The fourth-order valence-electron chi connectivity index (χ4n) is 1.17. The van der Waals surface area contributed by atoms with Crippen molar-refractivity contribution < 1.29 is 4.79 Å². The molecule has 0 radical (unpaired) electrons. The first kappa shape index (κ1) is 11.2. The molecule has 2 heteroatoms. The predicted molar refractivity (Wildman–Crippen MR) is 51.8 cm³/mol. The van der Waals surface area contributed by atoms with E-state index < -0.39 is 0 Å². The van der Waals surface area contributed by atoms with Crippen LogP contribution in [0.3, 0.4) is 0 Å². The lowest BCUT2D eigenvalue weighted by molar-refractivity contribution is -0.134. The number of carbonyl (C=O) groups excluding carboxylic acids is 1. The molecule has 0 aromatic heterocycles. The molecule has 0 aliphatic rings. The summed E-state index contributed by atoms with van der Waals surface area (Å²) in [5.41, 5.74) is 0. The normalized spacial score (nSPS) is 12.8. The Labute approximate surface area is 75.3 Å². The lowest BCUT2D eigenvalue weighted by Crippen LogP contribution is -2.32. The van der Waals surface area contributed by atoms with E-state index in [9.17, 15) is 4.79 Å². The highest BCUT2D eigenvalue weighted by Gasteiger charge is 2.21. The third kappa shape index (κ3) is 3.07. The Morgan fingerprint density at radius 3 is 2.25 bits per heavy atom. The zero-order valence-corrected chi connectivity index (χ0v) is 8.50. The third-order valence-electron chi connectivity index (χ3n) is 1.98. The molecule has 0 fully saturated rings. The number of nitrogens with zero attached hydrogens (tertiary/aromatic N) is 1. The van der Waals surface area contributed by atoms with E-state index in [4.69, 9.17) is 0 Å². The summed E-state index contributed by atoms with van der Waals surface area (Å²) in [6.45, 7) is 7.78. The minimum atomic E-state index is 0.0949. The molecular weight excluding hydrogens is 150 g/mol. The van der Waals surface area contributed by atoms with Crippen molar-refractivity contribution in [2.75, 3.05) is 14.1 Å². The molecule has 0 saturated carbocycles. The Kier molecular flexibility index (Phi) is 4.64. The van der Waals surface area contributed by atoms with Crippen LogP contribution < -0.4 is 0 Å². The second-order valence-electron chi connectivity index (χ2n) is 3.61. The van der Waals surface area contributed by atoms with Crippen molar-refractivity contribution in [3.63, 3.8) is 0 Å². The van der Waals surface area contributed by atoms with E-state index in [2.05, 4.69) is 20.4 Å². The maximum atomic E-state index is 11.6. The molecule has 70 valence electrons. The van der Waals surface area contributed by atoms with Crippen LogP contribution in [-0.4, -0.2) is 24.9 Å². The van der Waals surface area contributed by atoms with E-state index in [0.29, 0.717) is 5.92 Å². The van der Waals surface area contributed by atoms with Crippen molar-refractivity contribution in [1.82, 2.24) is 4.90 Å². The van der Waals surface area contributed by atoms with Gasteiger partial charge in [-0.15, -0.1) is 6.58 Å². The SMILES string of the molecule is C=CC[C@H](C(=O)N(C)C)C(C)C. The molecule has 2 nitrogen and oxygen atoms in total. The van der Waals surface area contributed by atoms with Gasteiger partial charge in [0.15, 0.2) is 0 Å². The molecule has 0 aromatic rings. The number of carbonyl (C=O) groups is 1. The predicted octanol–water partition coefficient (Wildman–Crippen LogP) is 1.92. The zero-order chi connectivity index (χ0) is 9.72. The van der Waals surface area contributed by atoms with E-state index in [0.717, 1.165) is 6.42 Å². The molecule has 0 heterocycles. The Morgan fingerprint density at radius 2 is 2.00 bits per heavy atom. The smallest absolute Gasteiger partial charge is 0.225 e. The number of hydrogen-bond acceptors (Lipinski definition) is 1. The highest BCUT2D eigenvalue weighted by atomic mass is 16.2. The van der Waals surface area contributed by atoms with Gasteiger partial charge in [0.1, 0.15) is 0 Å². The fourth-order valence-corrected chi connectivity index (χ4v) is 1.17. The van der Waals surface area contributed by atoms with Crippen LogP contribution in [0.15, 0.2) is 12.7 Å². The van der Waals surface area contributed by atoms with Gasteiger partial charge in [0, 0.05) is 20.0 Å². The number of rotatable bonds is 4. The van der Waals surface area contributed by atoms with E-state index in [1.165, 1.54) is 0 Å². The number of allylic oxidation sites excluding steroid dienone is 1. The zero-order valence-electron chi connectivity index (χ0n) is 8.50. The number of amides is 1. The molecule has 0 unspecified atom stereocenters. The van der Waals surface area contributed by atoms with Crippen LogP contribution >= 0.6 is 0 Å². The minimum absolute atomic E-state index is 0.0949. The van der Waals surface area contributed by atoms with Crippen LogP contribution in [0.4, 0.5) is 0 Å². The van der Waals surface area contributed by atoms with E-state index in [-0.39, 0.29) is 11.8 Å². The summed E-state index contributed by atoms with van der Waals surface area (Å²) < 4.78 is 0. The van der Waals surface area contributed by atoms with Crippen molar-refractivity contribution in [3.8, 4) is 0 Å². The van der Waals surface area contributed by atoms with Crippen LogP contribution in [0.5, 0.6) is 0 Å². The summed E-state index contributed by atoms with van der Waals surface area (Å²) in [5.74, 6) is 0.681. The molecule has 0 aliphatic carbocycles. The highest BCUT2D eigenvalue weighted by molar-refractivity contribution is 5.78. The van der Waals surface area contributed by atoms with Gasteiger partial charge in [-0.1, -0.05) is 19.9 Å². The molecule has 0 spiro atoms. The van der Waals surface area contributed by atoms with E-state index in [1.54, 1.807) is 19.0 Å². The first-order valence-electron chi connectivity index (χ1n) is 4.32. The van der Waals surface area contributed by atoms with Crippen LogP contribution in [0.25, 0.3) is 0 Å². The summed E-state index contributed by atoms with van der Waals surface area (Å²) in [7, 11) is 3.58. The molecule has 1 atom stereocenters. The highest BCUT2D eigenvalue weighted by Crippen LogP contribution is 2.17. The second kappa shape index (κ2) is 4.96. The lowest BCUT2D eigenvalue weighted by atomic mass is 9.91. The van der Waals surface area contributed by atoms with Gasteiger partial charge >= 0.3 is 0 Å². The van der Waals surface area contributed by atoms with E-state index in [1.807, 2.05) is 6.08 Å². The largest absolute Gasteiger partial charge is 0.349 e. The van der Waals surface area contributed by atoms with Gasteiger partial charge < -0.3 is 4.90 Å². The van der Waals surface area contributed by atoms with Crippen molar-refractivity contribution in [3.05, 3.63) is 12.7 Å². The van der Waals surface area contributed by atoms with Gasteiger partial charge in [0.2, 0.25) is 5.91 Å². The molecule has 1 amide bonds. The Morgan fingerprint density at radius 1 is 1.50 bits per heavy atom. The van der Waals surface area contributed by atoms with E-state index >= 15 is 0 Å². The maximum Gasteiger partial charge on any atom is 0.225 e. The molecule has 0 aliphatic heterocycles. The first-order valence-corrected chi connectivity index (χ1v) is 4.32. The molecular formula is C10H19NO. The van der Waals surface area contributed by atoms with Gasteiger partial charge in [-0.25, -0.2) is 0 Å². The molecule has 0 N–H and O–H groups in total. The van der Waals surface area contributed by atoms with Gasteiger partial charge in [-0.2, -0.15) is 0 Å². The van der Waals surface area contributed by atoms with Gasteiger partial charge in [-0.3, -0.25) is 4.79 Å². The summed E-state index contributed by atoms with van der Waals surface area (Å²) in [6, 6.07) is 0. The van der Waals surface area contributed by atoms with Crippen LogP contribution in [-0.2, 0) is 4.79 Å². The molecule has 0 bridgehead atoms. The van der Waals surface area contributed by atoms with Crippen molar-refractivity contribution in [1.29, 1.82) is 0 Å². The Hall–Kier alpha value is -0.790. The molecule has 0 aromatic carbocycles. The summed E-state index contributed by atoms with van der Waals surface area (Å²) in [4.78, 5) is 13.2. The average Bonchev–Trinajstić information content (AvgIpc) is 1.98. The second-order valence-corrected chi connectivity index (χ2v) is 3.61. The van der Waals surface area contributed by atoms with Gasteiger partial charge in [0.25, 0.3) is 0 Å². The van der Waals surface area contributed by atoms with Crippen LogP contribution in [0.1, 0.15) is 20.3 Å².